The molecule has 5 heteroatoms. The van der Waals surface area contributed by atoms with Crippen LogP contribution in [0.2, 0.25) is 0 Å². The van der Waals surface area contributed by atoms with E-state index in [2.05, 4.69) is 4.98 Å². The van der Waals surface area contributed by atoms with Crippen LogP contribution < -0.4 is 0 Å². The molecule has 26 heavy (non-hydrogen) atoms. The highest BCUT2D eigenvalue weighted by molar-refractivity contribution is 7.18. The van der Waals surface area contributed by atoms with E-state index in [1.807, 2.05) is 56.3 Å². The summed E-state index contributed by atoms with van der Waals surface area (Å²) in [6, 6.07) is 13.6. The average molecular weight is 367 g/mol. The van der Waals surface area contributed by atoms with Crippen molar-refractivity contribution in [2.75, 3.05) is 0 Å². The predicted octanol–water partition coefficient (Wildman–Crippen LogP) is 4.66. The minimum Gasteiger partial charge on any atom is -0.454 e. The van der Waals surface area contributed by atoms with Crippen LogP contribution in [-0.2, 0) is 16.0 Å². The molecule has 0 radical (unpaired) electrons. The first-order valence-corrected chi connectivity index (χ1v) is 9.41. The van der Waals surface area contributed by atoms with Gasteiger partial charge in [-0.2, -0.15) is 0 Å². The SMILES string of the molecule is Cc1ccc(C)c(C(=O)[C@H](C)OC(=O)CCc2nc3ccccc3s2)c1. The van der Waals surface area contributed by atoms with Gasteiger partial charge >= 0.3 is 5.97 Å². The molecule has 0 unspecified atom stereocenters. The lowest BCUT2D eigenvalue weighted by molar-refractivity contribution is -0.146. The summed E-state index contributed by atoms with van der Waals surface area (Å²) >= 11 is 1.58. The van der Waals surface area contributed by atoms with Gasteiger partial charge in [0.05, 0.1) is 21.6 Å². The number of nitrogens with zero attached hydrogens (tertiary/aromatic N) is 1. The molecule has 1 heterocycles. The highest BCUT2D eigenvalue weighted by atomic mass is 32.1. The Morgan fingerprint density at radius 2 is 1.92 bits per heavy atom. The molecule has 4 nitrogen and oxygen atoms in total. The normalized spacial score (nSPS) is 12.1. The maximum atomic E-state index is 12.6. The van der Waals surface area contributed by atoms with Gasteiger partial charge in [0.15, 0.2) is 6.10 Å². The van der Waals surface area contributed by atoms with Crippen LogP contribution in [0.25, 0.3) is 10.2 Å². The molecule has 0 amide bonds. The van der Waals surface area contributed by atoms with Crippen molar-refractivity contribution < 1.29 is 14.3 Å². The predicted molar refractivity (Wildman–Crippen MR) is 104 cm³/mol. The van der Waals surface area contributed by atoms with Crippen LogP contribution in [0.1, 0.15) is 39.8 Å². The van der Waals surface area contributed by atoms with E-state index in [-0.39, 0.29) is 18.2 Å². The third-order valence-electron chi connectivity index (χ3n) is 4.22. The Morgan fingerprint density at radius 3 is 2.69 bits per heavy atom. The molecule has 0 saturated carbocycles. The fourth-order valence-corrected chi connectivity index (χ4v) is 3.73. The quantitative estimate of drug-likeness (QED) is 0.470. The maximum Gasteiger partial charge on any atom is 0.306 e. The van der Waals surface area contributed by atoms with Gasteiger partial charge in [-0.15, -0.1) is 11.3 Å². The number of hydrogen-bond donors (Lipinski definition) is 0. The van der Waals surface area contributed by atoms with Crippen molar-refractivity contribution in [2.24, 2.45) is 0 Å². The summed E-state index contributed by atoms with van der Waals surface area (Å²) in [6.45, 7) is 5.44. The van der Waals surface area contributed by atoms with Gasteiger partial charge in [0, 0.05) is 12.0 Å². The van der Waals surface area contributed by atoms with Crippen molar-refractivity contribution in [2.45, 2.75) is 39.7 Å². The van der Waals surface area contributed by atoms with Crippen molar-refractivity contribution in [3.8, 4) is 0 Å². The first-order chi connectivity index (χ1) is 12.4. The van der Waals surface area contributed by atoms with Gasteiger partial charge < -0.3 is 4.74 Å². The van der Waals surface area contributed by atoms with Gasteiger partial charge in [0.2, 0.25) is 5.78 Å². The Morgan fingerprint density at radius 1 is 1.15 bits per heavy atom. The zero-order valence-electron chi connectivity index (χ0n) is 15.1. The molecule has 3 aromatic rings. The number of Topliss-reactive ketones (excluding diaryl/α,β-unsaturated/α-hetero) is 1. The minimum atomic E-state index is -0.793. The smallest absolute Gasteiger partial charge is 0.306 e. The summed E-state index contributed by atoms with van der Waals surface area (Å²) in [6.07, 6.45) is -0.0642. The highest BCUT2D eigenvalue weighted by Gasteiger charge is 2.21. The molecule has 0 fully saturated rings. The number of hydrogen-bond acceptors (Lipinski definition) is 5. The number of rotatable bonds is 6. The number of para-hydroxylation sites is 1. The van der Waals surface area contributed by atoms with E-state index in [0.717, 1.165) is 26.4 Å². The van der Waals surface area contributed by atoms with E-state index in [1.165, 1.54) is 0 Å². The number of carbonyl (C=O) groups is 2. The zero-order valence-corrected chi connectivity index (χ0v) is 15.9. The van der Waals surface area contributed by atoms with E-state index in [1.54, 1.807) is 18.3 Å². The molecule has 0 aliphatic heterocycles. The molecule has 1 atom stereocenters. The zero-order chi connectivity index (χ0) is 18.7. The van der Waals surface area contributed by atoms with Crippen LogP contribution in [-0.4, -0.2) is 22.8 Å². The van der Waals surface area contributed by atoms with E-state index in [4.69, 9.17) is 4.74 Å². The number of fused-ring (bicyclic) bond motifs is 1. The van der Waals surface area contributed by atoms with Gasteiger partial charge in [0.25, 0.3) is 0 Å². The van der Waals surface area contributed by atoms with Crippen molar-refractivity contribution >= 4 is 33.3 Å². The number of aromatic nitrogens is 1. The Labute approximate surface area is 156 Å². The molecule has 3 rings (SSSR count). The maximum absolute atomic E-state index is 12.6. The standard InChI is InChI=1S/C21H21NO3S/c1-13-8-9-14(2)16(12-13)21(24)15(3)25-20(23)11-10-19-22-17-6-4-5-7-18(17)26-19/h4-9,12,15H,10-11H2,1-3H3/t15-/m0/s1. The average Bonchev–Trinajstić information content (AvgIpc) is 3.04. The molecule has 0 bridgehead atoms. The molecule has 0 spiro atoms. The lowest BCUT2D eigenvalue weighted by Crippen LogP contribution is -2.25. The second kappa shape index (κ2) is 7.79. The summed E-state index contributed by atoms with van der Waals surface area (Å²) in [5, 5.41) is 0.900. The molecular weight excluding hydrogens is 346 g/mol. The first kappa shape index (κ1) is 18.3. The molecular formula is C21H21NO3S. The molecule has 0 N–H and O–H groups in total. The fraction of sp³-hybridized carbons (Fsp3) is 0.286. The first-order valence-electron chi connectivity index (χ1n) is 8.59. The summed E-state index contributed by atoms with van der Waals surface area (Å²) in [5.74, 6) is -0.546. The van der Waals surface area contributed by atoms with Crippen LogP contribution in [0.3, 0.4) is 0 Å². The van der Waals surface area contributed by atoms with Crippen LogP contribution in [0, 0.1) is 13.8 Å². The minimum absolute atomic E-state index is 0.167. The van der Waals surface area contributed by atoms with Crippen molar-refractivity contribution in [1.29, 1.82) is 0 Å². The molecule has 0 aliphatic rings. The number of thiazole rings is 1. The molecule has 0 saturated heterocycles. The van der Waals surface area contributed by atoms with Crippen LogP contribution in [0.15, 0.2) is 42.5 Å². The van der Waals surface area contributed by atoms with Gasteiger partial charge in [-0.25, -0.2) is 4.98 Å². The van der Waals surface area contributed by atoms with Crippen LogP contribution in [0.5, 0.6) is 0 Å². The third kappa shape index (κ3) is 4.17. The van der Waals surface area contributed by atoms with Gasteiger partial charge in [-0.1, -0.05) is 29.8 Å². The lowest BCUT2D eigenvalue weighted by Gasteiger charge is -2.14. The Hall–Kier alpha value is -2.53. The van der Waals surface area contributed by atoms with Crippen molar-refractivity contribution in [3.05, 3.63) is 64.2 Å². The second-order valence-electron chi connectivity index (χ2n) is 6.39. The summed E-state index contributed by atoms with van der Waals surface area (Å²) in [4.78, 5) is 29.2. The Bertz CT molecular complexity index is 928. The molecule has 1 aromatic heterocycles. The van der Waals surface area contributed by atoms with Crippen molar-refractivity contribution in [3.63, 3.8) is 0 Å². The summed E-state index contributed by atoms with van der Waals surface area (Å²) in [5.41, 5.74) is 3.45. The summed E-state index contributed by atoms with van der Waals surface area (Å²) in [7, 11) is 0. The number of carbonyl (C=O) groups excluding carboxylic acids is 2. The van der Waals surface area contributed by atoms with E-state index >= 15 is 0 Å². The van der Waals surface area contributed by atoms with Crippen LogP contribution >= 0.6 is 11.3 Å². The summed E-state index contributed by atoms with van der Waals surface area (Å²) < 4.78 is 6.45. The number of esters is 1. The topological polar surface area (TPSA) is 56.3 Å². The van der Waals surface area contributed by atoms with Crippen LogP contribution in [0.4, 0.5) is 0 Å². The number of ether oxygens (including phenoxy) is 1. The van der Waals surface area contributed by atoms with Gasteiger partial charge in [-0.3, -0.25) is 9.59 Å². The van der Waals surface area contributed by atoms with Crippen molar-refractivity contribution in [1.82, 2.24) is 4.98 Å². The number of ketones is 1. The molecule has 0 aliphatic carbocycles. The Balaban J connectivity index is 1.58. The molecule has 2 aromatic carbocycles. The van der Waals surface area contributed by atoms with E-state index in [9.17, 15) is 9.59 Å². The fourth-order valence-electron chi connectivity index (χ4n) is 2.77. The lowest BCUT2D eigenvalue weighted by atomic mass is 9.99. The largest absolute Gasteiger partial charge is 0.454 e. The second-order valence-corrected chi connectivity index (χ2v) is 7.51. The highest BCUT2D eigenvalue weighted by Crippen LogP contribution is 2.22. The van der Waals surface area contributed by atoms with Gasteiger partial charge in [-0.05, 0) is 44.5 Å². The van der Waals surface area contributed by atoms with E-state index < -0.39 is 6.10 Å². The number of aryl methyl sites for hydroxylation is 3. The Kier molecular flexibility index (Phi) is 5.47. The molecule has 134 valence electrons. The van der Waals surface area contributed by atoms with Gasteiger partial charge in [0.1, 0.15) is 0 Å². The van der Waals surface area contributed by atoms with E-state index in [0.29, 0.717) is 12.0 Å². The third-order valence-corrected chi connectivity index (χ3v) is 5.31. The monoisotopic (exact) mass is 367 g/mol. The number of benzene rings is 2.